The normalized spacial score (nSPS) is 12.5. The summed E-state index contributed by atoms with van der Waals surface area (Å²) < 4.78 is 29.4. The van der Waals surface area contributed by atoms with Crippen LogP contribution >= 0.6 is 15.9 Å². The van der Waals surface area contributed by atoms with Crippen molar-refractivity contribution in [2.24, 2.45) is 0 Å². The Hall–Kier alpha value is -3.17. The minimum absolute atomic E-state index is 0.0745. The number of aryl methyl sites for hydroxylation is 1. The van der Waals surface area contributed by atoms with Gasteiger partial charge >= 0.3 is 0 Å². The predicted octanol–water partition coefficient (Wildman–Crippen LogP) is 5.28. The van der Waals surface area contributed by atoms with Crippen molar-refractivity contribution in [3.63, 3.8) is 0 Å². The third-order valence-corrected chi connectivity index (χ3v) is 8.12. The second kappa shape index (κ2) is 12.1. The van der Waals surface area contributed by atoms with Gasteiger partial charge in [0.15, 0.2) is 0 Å². The SMILES string of the molecule is Cc1ccc(N(CC(=O)N(Cc2cccc(Br)c2)[C@H](C)C(=O)NC(C)(C)C)S(=O)(=O)c2ccccc2)cc1. The van der Waals surface area contributed by atoms with Gasteiger partial charge in [-0.1, -0.05) is 64.0 Å². The average Bonchev–Trinajstić information content (AvgIpc) is 2.85. The van der Waals surface area contributed by atoms with Crippen LogP contribution in [0.4, 0.5) is 5.69 Å². The fourth-order valence-electron chi connectivity index (χ4n) is 3.85. The Labute approximate surface area is 234 Å². The topological polar surface area (TPSA) is 86.8 Å². The maximum absolute atomic E-state index is 13.9. The van der Waals surface area contributed by atoms with Gasteiger partial charge in [0.05, 0.1) is 10.6 Å². The van der Waals surface area contributed by atoms with Gasteiger partial charge in [-0.05, 0) is 76.6 Å². The zero-order valence-corrected chi connectivity index (χ0v) is 24.7. The number of anilines is 1. The van der Waals surface area contributed by atoms with E-state index in [1.165, 1.54) is 17.0 Å². The molecule has 0 saturated carbocycles. The van der Waals surface area contributed by atoms with E-state index < -0.39 is 34.1 Å². The molecular formula is C29H34BrN3O4S. The first-order chi connectivity index (χ1) is 17.8. The predicted molar refractivity (Wildman–Crippen MR) is 154 cm³/mol. The molecule has 0 unspecified atom stereocenters. The molecule has 0 fully saturated rings. The van der Waals surface area contributed by atoms with E-state index >= 15 is 0 Å². The van der Waals surface area contributed by atoms with Gasteiger partial charge < -0.3 is 10.2 Å². The van der Waals surface area contributed by atoms with Crippen LogP contribution in [-0.2, 0) is 26.2 Å². The second-order valence-corrected chi connectivity index (χ2v) is 13.0. The van der Waals surface area contributed by atoms with Gasteiger partial charge in [-0.3, -0.25) is 13.9 Å². The summed E-state index contributed by atoms with van der Waals surface area (Å²) in [5, 5.41) is 2.92. The Balaban J connectivity index is 2.02. The lowest BCUT2D eigenvalue weighted by Crippen LogP contribution is -2.54. The molecule has 0 bridgehead atoms. The van der Waals surface area contributed by atoms with Crippen LogP contribution in [-0.4, -0.2) is 43.3 Å². The molecule has 0 aliphatic heterocycles. The van der Waals surface area contributed by atoms with Crippen LogP contribution in [0.2, 0.25) is 0 Å². The van der Waals surface area contributed by atoms with Gasteiger partial charge in [0.1, 0.15) is 12.6 Å². The number of benzene rings is 3. The molecular weight excluding hydrogens is 566 g/mol. The quantitative estimate of drug-likeness (QED) is 0.362. The molecule has 0 aromatic heterocycles. The molecule has 0 heterocycles. The summed E-state index contributed by atoms with van der Waals surface area (Å²) in [7, 11) is -4.07. The van der Waals surface area contributed by atoms with Crippen molar-refractivity contribution in [3.8, 4) is 0 Å². The number of nitrogens with one attached hydrogen (secondary N) is 1. The highest BCUT2D eigenvalue weighted by Gasteiger charge is 2.33. The molecule has 2 amide bonds. The molecule has 0 radical (unpaired) electrons. The number of amides is 2. The number of hydrogen-bond donors (Lipinski definition) is 1. The fraction of sp³-hybridized carbons (Fsp3) is 0.310. The van der Waals surface area contributed by atoms with Gasteiger partial charge in [-0.2, -0.15) is 0 Å². The Kier molecular flexibility index (Phi) is 9.38. The molecule has 0 aliphatic rings. The molecule has 0 saturated heterocycles. The van der Waals surface area contributed by atoms with Crippen molar-refractivity contribution in [1.82, 2.24) is 10.2 Å². The number of rotatable bonds is 9. The summed E-state index contributed by atoms with van der Waals surface area (Å²) in [5.41, 5.74) is 1.62. The molecule has 3 aromatic rings. The first-order valence-electron chi connectivity index (χ1n) is 12.3. The van der Waals surface area contributed by atoms with E-state index in [1.54, 1.807) is 49.4 Å². The number of halogens is 1. The van der Waals surface area contributed by atoms with Gasteiger partial charge in [0.2, 0.25) is 11.8 Å². The van der Waals surface area contributed by atoms with E-state index in [0.717, 1.165) is 19.9 Å². The first-order valence-corrected chi connectivity index (χ1v) is 14.5. The van der Waals surface area contributed by atoms with Crippen molar-refractivity contribution in [2.75, 3.05) is 10.8 Å². The Morgan fingerprint density at radius 2 is 1.58 bits per heavy atom. The minimum atomic E-state index is -4.07. The third-order valence-electron chi connectivity index (χ3n) is 5.84. The second-order valence-electron chi connectivity index (χ2n) is 10.2. The molecule has 3 rings (SSSR count). The Morgan fingerprint density at radius 1 is 0.947 bits per heavy atom. The van der Waals surface area contributed by atoms with Crippen LogP contribution in [0, 0.1) is 6.92 Å². The van der Waals surface area contributed by atoms with Crippen LogP contribution in [0.5, 0.6) is 0 Å². The van der Waals surface area contributed by atoms with Crippen molar-refractivity contribution >= 4 is 43.5 Å². The monoisotopic (exact) mass is 599 g/mol. The summed E-state index contributed by atoms with van der Waals surface area (Å²) in [6.07, 6.45) is 0. The zero-order chi connectivity index (χ0) is 28.1. The maximum Gasteiger partial charge on any atom is 0.264 e. The Bertz CT molecular complexity index is 1370. The number of carbonyl (C=O) groups excluding carboxylic acids is 2. The lowest BCUT2D eigenvalue weighted by Gasteiger charge is -2.33. The van der Waals surface area contributed by atoms with Crippen molar-refractivity contribution in [1.29, 1.82) is 0 Å². The van der Waals surface area contributed by atoms with Crippen molar-refractivity contribution < 1.29 is 18.0 Å². The molecule has 1 N–H and O–H groups in total. The van der Waals surface area contributed by atoms with E-state index in [0.29, 0.717) is 5.69 Å². The van der Waals surface area contributed by atoms with Crippen LogP contribution in [0.3, 0.4) is 0 Å². The van der Waals surface area contributed by atoms with Gasteiger partial charge in [-0.15, -0.1) is 0 Å². The molecule has 3 aromatic carbocycles. The standard InChI is InChI=1S/C29H34BrN3O4S/c1-21-14-16-25(17-15-21)33(38(36,37)26-12-7-6-8-13-26)20-27(34)32(19-23-10-9-11-24(30)18-23)22(2)28(35)31-29(3,4)5/h6-18,22H,19-20H2,1-5H3,(H,31,35)/t22-/m1/s1. The summed E-state index contributed by atoms with van der Waals surface area (Å²) in [5.74, 6) is -0.824. The number of nitrogens with zero attached hydrogens (tertiary/aromatic N) is 2. The van der Waals surface area contributed by atoms with E-state index in [4.69, 9.17) is 0 Å². The molecule has 0 aliphatic carbocycles. The van der Waals surface area contributed by atoms with Gasteiger partial charge in [0, 0.05) is 16.6 Å². The fourth-order valence-corrected chi connectivity index (χ4v) is 5.73. The van der Waals surface area contributed by atoms with E-state index in [9.17, 15) is 18.0 Å². The maximum atomic E-state index is 13.9. The van der Waals surface area contributed by atoms with Crippen molar-refractivity contribution in [3.05, 3.63) is 94.5 Å². The third kappa shape index (κ3) is 7.68. The molecule has 38 heavy (non-hydrogen) atoms. The summed E-state index contributed by atoms with van der Waals surface area (Å²) in [4.78, 5) is 28.5. The number of hydrogen-bond acceptors (Lipinski definition) is 4. The van der Waals surface area contributed by atoms with Crippen LogP contribution in [0.25, 0.3) is 0 Å². The molecule has 202 valence electrons. The highest BCUT2D eigenvalue weighted by molar-refractivity contribution is 9.10. The van der Waals surface area contributed by atoms with Gasteiger partial charge in [-0.25, -0.2) is 8.42 Å². The largest absolute Gasteiger partial charge is 0.350 e. The first kappa shape index (κ1) is 29.4. The summed E-state index contributed by atoms with van der Waals surface area (Å²) in [6.45, 7) is 8.81. The highest BCUT2D eigenvalue weighted by atomic mass is 79.9. The Morgan fingerprint density at radius 3 is 2.16 bits per heavy atom. The van der Waals surface area contributed by atoms with E-state index in [-0.39, 0.29) is 17.3 Å². The highest BCUT2D eigenvalue weighted by Crippen LogP contribution is 2.25. The zero-order valence-electron chi connectivity index (χ0n) is 22.3. The number of carbonyl (C=O) groups is 2. The van der Waals surface area contributed by atoms with Gasteiger partial charge in [0.25, 0.3) is 10.0 Å². The lowest BCUT2D eigenvalue weighted by molar-refractivity contribution is -0.140. The minimum Gasteiger partial charge on any atom is -0.350 e. The molecule has 9 heteroatoms. The molecule has 1 atom stereocenters. The summed E-state index contributed by atoms with van der Waals surface area (Å²) in [6, 6.07) is 21.6. The molecule has 0 spiro atoms. The smallest absolute Gasteiger partial charge is 0.264 e. The average molecular weight is 601 g/mol. The molecule has 7 nitrogen and oxygen atoms in total. The van der Waals surface area contributed by atoms with Crippen molar-refractivity contribution in [2.45, 2.75) is 57.6 Å². The van der Waals surface area contributed by atoms with E-state index in [1.807, 2.05) is 52.0 Å². The summed E-state index contributed by atoms with van der Waals surface area (Å²) >= 11 is 3.45. The lowest BCUT2D eigenvalue weighted by atomic mass is 10.1. The van der Waals surface area contributed by atoms with Crippen LogP contribution < -0.4 is 9.62 Å². The van der Waals surface area contributed by atoms with Crippen LogP contribution in [0.1, 0.15) is 38.8 Å². The van der Waals surface area contributed by atoms with Crippen LogP contribution in [0.15, 0.2) is 88.2 Å². The van der Waals surface area contributed by atoms with E-state index in [2.05, 4.69) is 21.2 Å². The number of sulfonamides is 1.